The molecule has 84 valence electrons. The van der Waals surface area contributed by atoms with Crippen LogP contribution in [0.2, 0.25) is 0 Å². The average Bonchev–Trinajstić information content (AvgIpc) is 2.85. The Morgan fingerprint density at radius 2 is 2.18 bits per heavy atom. The number of rotatable bonds is 1. The topological polar surface area (TPSA) is 45.8 Å². The summed E-state index contributed by atoms with van der Waals surface area (Å²) in [6.07, 6.45) is 4.14. The summed E-state index contributed by atoms with van der Waals surface area (Å²) in [4.78, 5) is 19.2. The van der Waals surface area contributed by atoms with Crippen molar-refractivity contribution in [2.75, 3.05) is 0 Å². The van der Waals surface area contributed by atoms with E-state index in [-0.39, 0.29) is 5.78 Å². The third kappa shape index (κ3) is 1.69. The number of nitrogens with one attached hydrogen (secondary N) is 1. The molecule has 0 saturated carbocycles. The van der Waals surface area contributed by atoms with Gasteiger partial charge < -0.3 is 4.98 Å². The monoisotopic (exact) mass is 224 g/mol. The van der Waals surface area contributed by atoms with E-state index in [2.05, 4.69) is 9.97 Å². The van der Waals surface area contributed by atoms with Crippen LogP contribution in [0.15, 0.2) is 30.5 Å². The number of hydrogen-bond acceptors (Lipinski definition) is 2. The minimum Gasteiger partial charge on any atom is -0.343 e. The number of aromatic nitrogens is 2. The molecule has 17 heavy (non-hydrogen) atoms. The summed E-state index contributed by atoms with van der Waals surface area (Å²) < 4.78 is 0. The van der Waals surface area contributed by atoms with E-state index in [4.69, 9.17) is 0 Å². The number of nitrogens with zero attached hydrogens (tertiary/aromatic N) is 1. The molecule has 1 aliphatic carbocycles. The third-order valence-electron chi connectivity index (χ3n) is 2.98. The number of aromatic amines is 1. The number of ketones is 1. The van der Waals surface area contributed by atoms with Crippen molar-refractivity contribution in [3.8, 4) is 0 Å². The lowest BCUT2D eigenvalue weighted by Crippen LogP contribution is -1.93. The minimum absolute atomic E-state index is 0.179. The summed E-state index contributed by atoms with van der Waals surface area (Å²) in [6.45, 7) is 1.90. The maximum atomic E-state index is 11.9. The van der Waals surface area contributed by atoms with E-state index in [1.807, 2.05) is 37.3 Å². The Morgan fingerprint density at radius 1 is 1.35 bits per heavy atom. The number of hydrogen-bond donors (Lipinski definition) is 1. The van der Waals surface area contributed by atoms with Gasteiger partial charge in [0.25, 0.3) is 0 Å². The van der Waals surface area contributed by atoms with Crippen molar-refractivity contribution < 1.29 is 4.79 Å². The third-order valence-corrected chi connectivity index (χ3v) is 2.98. The van der Waals surface area contributed by atoms with Crippen molar-refractivity contribution in [2.24, 2.45) is 0 Å². The van der Waals surface area contributed by atoms with Crippen LogP contribution in [0, 0.1) is 6.92 Å². The zero-order valence-electron chi connectivity index (χ0n) is 9.53. The molecular formula is C14H12N2O. The van der Waals surface area contributed by atoms with Crippen LogP contribution in [0.25, 0.3) is 11.6 Å². The molecule has 0 spiro atoms. The summed E-state index contributed by atoms with van der Waals surface area (Å²) in [5.41, 5.74) is 3.82. The second kappa shape index (κ2) is 3.70. The van der Waals surface area contributed by atoms with E-state index in [0.29, 0.717) is 6.42 Å². The number of benzene rings is 1. The van der Waals surface area contributed by atoms with Gasteiger partial charge in [-0.2, -0.15) is 0 Å². The molecule has 1 aliphatic rings. The molecule has 0 atom stereocenters. The van der Waals surface area contributed by atoms with Gasteiger partial charge in [-0.3, -0.25) is 4.79 Å². The van der Waals surface area contributed by atoms with Gasteiger partial charge in [-0.1, -0.05) is 24.3 Å². The first-order valence-electron chi connectivity index (χ1n) is 5.59. The number of imidazole rings is 1. The number of H-pyrrole nitrogens is 1. The molecule has 0 bridgehead atoms. The SMILES string of the molecule is Cc1ncc(/C=C2\C(=O)Cc3ccccc32)[nH]1. The first kappa shape index (κ1) is 10.0. The Hall–Kier alpha value is -2.16. The van der Waals surface area contributed by atoms with Gasteiger partial charge >= 0.3 is 0 Å². The van der Waals surface area contributed by atoms with Crippen LogP contribution in [-0.2, 0) is 11.2 Å². The van der Waals surface area contributed by atoms with Crippen LogP contribution in [0.3, 0.4) is 0 Å². The molecule has 1 aromatic carbocycles. The standard InChI is InChI=1S/C14H12N2O/c1-9-15-8-11(16-9)7-13-12-5-3-2-4-10(12)6-14(13)17/h2-5,7-8H,6H2,1H3,(H,15,16)/b13-7-. The Labute approximate surface area is 99.2 Å². The minimum atomic E-state index is 0.179. The fraction of sp³-hybridized carbons (Fsp3) is 0.143. The molecular weight excluding hydrogens is 212 g/mol. The van der Waals surface area contributed by atoms with Crippen LogP contribution < -0.4 is 0 Å². The first-order valence-corrected chi connectivity index (χ1v) is 5.59. The Bertz CT molecular complexity index is 623. The van der Waals surface area contributed by atoms with Crippen LogP contribution in [-0.4, -0.2) is 15.8 Å². The van der Waals surface area contributed by atoms with Gasteiger partial charge in [0.15, 0.2) is 5.78 Å². The smallest absolute Gasteiger partial charge is 0.167 e. The summed E-state index contributed by atoms with van der Waals surface area (Å²) in [5, 5.41) is 0. The molecule has 0 fully saturated rings. The highest BCUT2D eigenvalue weighted by atomic mass is 16.1. The quantitative estimate of drug-likeness (QED) is 0.756. The van der Waals surface area contributed by atoms with Crippen molar-refractivity contribution >= 4 is 17.4 Å². The van der Waals surface area contributed by atoms with Gasteiger partial charge in [-0.25, -0.2) is 4.98 Å². The highest BCUT2D eigenvalue weighted by Crippen LogP contribution is 2.30. The van der Waals surface area contributed by atoms with Crippen molar-refractivity contribution in [3.05, 3.63) is 53.1 Å². The fourth-order valence-corrected chi connectivity index (χ4v) is 2.18. The van der Waals surface area contributed by atoms with E-state index >= 15 is 0 Å². The molecule has 3 rings (SSSR count). The summed E-state index contributed by atoms with van der Waals surface area (Å²) in [6, 6.07) is 7.93. The fourth-order valence-electron chi connectivity index (χ4n) is 2.18. The molecule has 0 unspecified atom stereocenters. The van der Waals surface area contributed by atoms with Crippen molar-refractivity contribution in [3.63, 3.8) is 0 Å². The summed E-state index contributed by atoms with van der Waals surface area (Å²) >= 11 is 0. The highest BCUT2D eigenvalue weighted by molar-refractivity contribution is 6.29. The molecule has 0 saturated heterocycles. The molecule has 1 N–H and O–H groups in total. The maximum absolute atomic E-state index is 11.9. The van der Waals surface area contributed by atoms with Crippen molar-refractivity contribution in [2.45, 2.75) is 13.3 Å². The van der Waals surface area contributed by atoms with Crippen molar-refractivity contribution in [1.82, 2.24) is 9.97 Å². The largest absolute Gasteiger partial charge is 0.343 e. The number of Topliss-reactive ketones (excluding diaryl/α,β-unsaturated/α-hetero) is 1. The van der Waals surface area contributed by atoms with E-state index in [1.165, 1.54) is 0 Å². The predicted molar refractivity (Wildman–Crippen MR) is 66.3 cm³/mol. The van der Waals surface area contributed by atoms with Crippen LogP contribution in [0.1, 0.15) is 22.6 Å². The molecule has 0 aliphatic heterocycles. The second-order valence-corrected chi connectivity index (χ2v) is 4.24. The van der Waals surface area contributed by atoms with E-state index in [0.717, 1.165) is 28.2 Å². The van der Waals surface area contributed by atoms with Gasteiger partial charge in [0.2, 0.25) is 0 Å². The van der Waals surface area contributed by atoms with E-state index in [1.54, 1.807) is 6.20 Å². The zero-order valence-corrected chi connectivity index (χ0v) is 9.53. The molecule has 0 radical (unpaired) electrons. The highest BCUT2D eigenvalue weighted by Gasteiger charge is 2.23. The van der Waals surface area contributed by atoms with Gasteiger partial charge in [0, 0.05) is 12.0 Å². The molecule has 3 heteroatoms. The predicted octanol–water partition coefficient (Wildman–Crippen LogP) is 2.38. The second-order valence-electron chi connectivity index (χ2n) is 4.24. The van der Waals surface area contributed by atoms with Crippen molar-refractivity contribution in [1.29, 1.82) is 0 Å². The number of aryl methyl sites for hydroxylation is 1. The first-order chi connectivity index (χ1) is 8.24. The number of carbonyl (C=O) groups excluding carboxylic acids is 1. The van der Waals surface area contributed by atoms with Crippen LogP contribution in [0.4, 0.5) is 0 Å². The molecule has 0 amide bonds. The Balaban J connectivity index is 2.09. The molecule has 2 aromatic rings. The van der Waals surface area contributed by atoms with Gasteiger partial charge in [0.1, 0.15) is 5.82 Å². The lowest BCUT2D eigenvalue weighted by molar-refractivity contribution is -0.112. The van der Waals surface area contributed by atoms with Gasteiger partial charge in [0.05, 0.1) is 11.9 Å². The number of fused-ring (bicyclic) bond motifs is 1. The van der Waals surface area contributed by atoms with Crippen LogP contribution in [0.5, 0.6) is 0 Å². The lowest BCUT2D eigenvalue weighted by atomic mass is 10.1. The molecule has 1 aromatic heterocycles. The Morgan fingerprint density at radius 3 is 2.94 bits per heavy atom. The van der Waals surface area contributed by atoms with E-state index in [9.17, 15) is 4.79 Å². The zero-order chi connectivity index (χ0) is 11.8. The average molecular weight is 224 g/mol. The normalized spacial score (nSPS) is 16.5. The Kier molecular flexibility index (Phi) is 2.18. The van der Waals surface area contributed by atoms with Gasteiger partial charge in [-0.15, -0.1) is 0 Å². The van der Waals surface area contributed by atoms with Crippen LogP contribution >= 0.6 is 0 Å². The molecule has 1 heterocycles. The molecule has 3 nitrogen and oxygen atoms in total. The number of carbonyl (C=O) groups is 1. The summed E-state index contributed by atoms with van der Waals surface area (Å²) in [5.74, 6) is 1.04. The van der Waals surface area contributed by atoms with Gasteiger partial charge in [-0.05, 0) is 24.1 Å². The summed E-state index contributed by atoms with van der Waals surface area (Å²) in [7, 11) is 0. The lowest BCUT2D eigenvalue weighted by Gasteiger charge is -1.97. The number of allylic oxidation sites excluding steroid dienone is 1. The maximum Gasteiger partial charge on any atom is 0.167 e. The van der Waals surface area contributed by atoms with E-state index < -0.39 is 0 Å².